The van der Waals surface area contributed by atoms with Gasteiger partial charge in [0.05, 0.1) is 0 Å². The summed E-state index contributed by atoms with van der Waals surface area (Å²) < 4.78 is 0. The lowest BCUT2D eigenvalue weighted by Gasteiger charge is -2.30. The lowest BCUT2D eigenvalue weighted by atomic mass is 10.1. The lowest BCUT2D eigenvalue weighted by Crippen LogP contribution is -2.47. The van der Waals surface area contributed by atoms with E-state index in [0.717, 1.165) is 11.3 Å². The molecule has 2 aromatic rings. The van der Waals surface area contributed by atoms with E-state index in [0.29, 0.717) is 5.96 Å². The molecular formula is C18H19N5. The number of benzene rings is 2. The predicted octanol–water partition coefficient (Wildman–Crippen LogP) is 2.48. The van der Waals surface area contributed by atoms with Crippen LogP contribution in [0.5, 0.6) is 0 Å². The topological polar surface area (TPSA) is 80.0 Å². The molecule has 0 bridgehead atoms. The maximum atomic E-state index is 6.08. The summed E-state index contributed by atoms with van der Waals surface area (Å²) in [7, 11) is 0. The summed E-state index contributed by atoms with van der Waals surface area (Å²) in [4.78, 5) is 10.3. The van der Waals surface area contributed by atoms with Crippen molar-refractivity contribution in [3.05, 3.63) is 71.8 Å². The van der Waals surface area contributed by atoms with E-state index >= 15 is 0 Å². The standard InChI is InChI=1S/C18H19N5/c1-13-7-10-15(11-8-13)23-16(21-17(19)22-18(23)20)12-9-14-5-3-2-4-6-14/h2-12,16H,1H3,(H4,19,20,21,22)/b12-9+. The summed E-state index contributed by atoms with van der Waals surface area (Å²) in [5.74, 6) is 0.526. The summed E-state index contributed by atoms with van der Waals surface area (Å²) in [6.45, 7) is 2.04. The van der Waals surface area contributed by atoms with Crippen LogP contribution >= 0.6 is 0 Å². The Morgan fingerprint density at radius 2 is 1.70 bits per heavy atom. The Kier molecular flexibility index (Phi) is 4.10. The number of anilines is 1. The third-order valence-corrected chi connectivity index (χ3v) is 3.58. The highest BCUT2D eigenvalue weighted by Gasteiger charge is 2.23. The molecule has 0 fully saturated rings. The molecule has 5 heteroatoms. The molecule has 5 nitrogen and oxygen atoms in total. The fraction of sp³-hybridized carbons (Fsp3) is 0.111. The molecule has 1 heterocycles. The molecule has 0 saturated heterocycles. The van der Waals surface area contributed by atoms with Crippen molar-refractivity contribution in [3.63, 3.8) is 0 Å². The summed E-state index contributed by atoms with van der Waals surface area (Å²) in [5.41, 5.74) is 15.0. The van der Waals surface area contributed by atoms with Gasteiger partial charge in [-0.25, -0.2) is 4.99 Å². The van der Waals surface area contributed by atoms with E-state index in [1.165, 1.54) is 5.56 Å². The minimum Gasteiger partial charge on any atom is -0.369 e. The first-order valence-corrected chi connectivity index (χ1v) is 7.40. The fourth-order valence-corrected chi connectivity index (χ4v) is 2.41. The molecule has 0 spiro atoms. The van der Waals surface area contributed by atoms with Gasteiger partial charge in [-0.15, -0.1) is 0 Å². The van der Waals surface area contributed by atoms with Crippen LogP contribution < -0.4 is 16.4 Å². The normalized spacial score (nSPS) is 18.0. The van der Waals surface area contributed by atoms with Crippen molar-refractivity contribution < 1.29 is 0 Å². The van der Waals surface area contributed by atoms with Gasteiger partial charge in [0.15, 0.2) is 6.17 Å². The first-order chi connectivity index (χ1) is 11.1. The second-order valence-electron chi connectivity index (χ2n) is 5.35. The highest BCUT2D eigenvalue weighted by atomic mass is 15.4. The van der Waals surface area contributed by atoms with Crippen molar-refractivity contribution in [3.8, 4) is 0 Å². The van der Waals surface area contributed by atoms with Crippen LogP contribution in [0.2, 0.25) is 0 Å². The Balaban J connectivity index is 1.93. The summed E-state index contributed by atoms with van der Waals surface area (Å²) in [6.07, 6.45) is 3.64. The average Bonchev–Trinajstić information content (AvgIpc) is 2.55. The second kappa shape index (κ2) is 6.36. The van der Waals surface area contributed by atoms with Gasteiger partial charge in [-0.1, -0.05) is 54.1 Å². The molecule has 0 saturated carbocycles. The SMILES string of the molecule is Cc1ccc(N2C(N)=NC(N)=NC2/C=C/c2ccccc2)cc1. The summed E-state index contributed by atoms with van der Waals surface area (Å²) in [6, 6.07) is 18.1. The lowest BCUT2D eigenvalue weighted by molar-refractivity contribution is 0.824. The molecule has 1 atom stereocenters. The second-order valence-corrected chi connectivity index (χ2v) is 5.35. The van der Waals surface area contributed by atoms with E-state index in [-0.39, 0.29) is 12.1 Å². The first kappa shape index (κ1) is 14.8. The smallest absolute Gasteiger partial charge is 0.220 e. The van der Waals surface area contributed by atoms with Crippen molar-refractivity contribution in [1.82, 2.24) is 0 Å². The van der Waals surface area contributed by atoms with Gasteiger partial charge in [0.2, 0.25) is 11.9 Å². The first-order valence-electron chi connectivity index (χ1n) is 7.40. The Hall–Kier alpha value is -3.08. The van der Waals surface area contributed by atoms with E-state index in [9.17, 15) is 0 Å². The molecule has 0 radical (unpaired) electrons. The van der Waals surface area contributed by atoms with Crippen molar-refractivity contribution in [1.29, 1.82) is 0 Å². The molecule has 1 unspecified atom stereocenters. The van der Waals surface area contributed by atoms with Gasteiger partial charge in [-0.2, -0.15) is 4.99 Å². The van der Waals surface area contributed by atoms with Crippen LogP contribution in [0.3, 0.4) is 0 Å². The molecule has 23 heavy (non-hydrogen) atoms. The summed E-state index contributed by atoms with van der Waals surface area (Å²) >= 11 is 0. The van der Waals surface area contributed by atoms with E-state index < -0.39 is 0 Å². The van der Waals surface area contributed by atoms with Gasteiger partial charge in [-0.3, -0.25) is 4.90 Å². The van der Waals surface area contributed by atoms with Crippen molar-refractivity contribution in [2.24, 2.45) is 21.5 Å². The molecule has 0 aliphatic carbocycles. The van der Waals surface area contributed by atoms with Crippen molar-refractivity contribution in [2.75, 3.05) is 4.90 Å². The average molecular weight is 305 g/mol. The van der Waals surface area contributed by atoms with Crippen LogP contribution in [0.1, 0.15) is 11.1 Å². The number of guanidine groups is 2. The highest BCUT2D eigenvalue weighted by molar-refractivity contribution is 6.05. The minimum atomic E-state index is -0.324. The van der Waals surface area contributed by atoms with E-state index in [1.807, 2.05) is 78.6 Å². The van der Waals surface area contributed by atoms with Gasteiger partial charge in [0.25, 0.3) is 0 Å². The number of hydrogen-bond acceptors (Lipinski definition) is 5. The molecule has 0 amide bonds. The Bertz CT molecular complexity index is 760. The molecular weight excluding hydrogens is 286 g/mol. The van der Waals surface area contributed by atoms with Gasteiger partial charge in [-0.05, 0) is 30.7 Å². The van der Waals surface area contributed by atoms with Gasteiger partial charge >= 0.3 is 0 Å². The Morgan fingerprint density at radius 3 is 2.39 bits per heavy atom. The quantitative estimate of drug-likeness (QED) is 0.914. The van der Waals surface area contributed by atoms with Crippen molar-refractivity contribution >= 4 is 23.7 Å². The predicted molar refractivity (Wildman–Crippen MR) is 96.2 cm³/mol. The molecule has 1 aliphatic heterocycles. The fourth-order valence-electron chi connectivity index (χ4n) is 2.41. The third kappa shape index (κ3) is 3.40. The molecule has 0 aromatic heterocycles. The van der Waals surface area contributed by atoms with E-state index in [4.69, 9.17) is 11.5 Å². The number of nitrogens with two attached hydrogens (primary N) is 2. The zero-order valence-electron chi connectivity index (χ0n) is 12.9. The third-order valence-electron chi connectivity index (χ3n) is 3.58. The molecule has 3 rings (SSSR count). The zero-order valence-corrected chi connectivity index (χ0v) is 12.9. The van der Waals surface area contributed by atoms with Gasteiger partial charge < -0.3 is 11.5 Å². The van der Waals surface area contributed by atoms with Gasteiger partial charge in [0, 0.05) is 5.69 Å². The minimum absolute atomic E-state index is 0.188. The van der Waals surface area contributed by atoms with Crippen LogP contribution in [0, 0.1) is 6.92 Å². The number of nitrogens with zero attached hydrogens (tertiary/aromatic N) is 3. The number of aryl methyl sites for hydroxylation is 1. The number of aliphatic imine (C=N–C) groups is 2. The number of rotatable bonds is 3. The van der Waals surface area contributed by atoms with Crippen molar-refractivity contribution in [2.45, 2.75) is 13.1 Å². The number of hydrogen-bond donors (Lipinski definition) is 2. The van der Waals surface area contributed by atoms with E-state index in [1.54, 1.807) is 0 Å². The molecule has 2 aromatic carbocycles. The highest BCUT2D eigenvalue weighted by Crippen LogP contribution is 2.21. The van der Waals surface area contributed by atoms with Crippen LogP contribution in [-0.4, -0.2) is 18.1 Å². The monoisotopic (exact) mass is 305 g/mol. The molecule has 4 N–H and O–H groups in total. The van der Waals surface area contributed by atoms with Crippen LogP contribution in [0.15, 0.2) is 70.7 Å². The maximum absolute atomic E-state index is 6.08. The Morgan fingerprint density at radius 1 is 1.00 bits per heavy atom. The summed E-state index contributed by atoms with van der Waals surface area (Å²) in [5, 5.41) is 0. The van der Waals surface area contributed by atoms with Crippen LogP contribution in [0.4, 0.5) is 5.69 Å². The largest absolute Gasteiger partial charge is 0.369 e. The molecule has 116 valence electrons. The van der Waals surface area contributed by atoms with Crippen LogP contribution in [-0.2, 0) is 0 Å². The maximum Gasteiger partial charge on any atom is 0.220 e. The van der Waals surface area contributed by atoms with Gasteiger partial charge in [0.1, 0.15) is 0 Å². The Labute approximate surface area is 135 Å². The zero-order chi connectivity index (χ0) is 16.2. The van der Waals surface area contributed by atoms with Crippen LogP contribution in [0.25, 0.3) is 6.08 Å². The molecule has 1 aliphatic rings. The van der Waals surface area contributed by atoms with E-state index in [2.05, 4.69) is 9.98 Å².